The number of nitrogens with zero attached hydrogens (tertiary/aromatic N) is 3. The number of benzene rings is 2. The van der Waals surface area contributed by atoms with Crippen LogP contribution < -0.4 is 9.47 Å². The maximum absolute atomic E-state index is 11.5. The van der Waals surface area contributed by atoms with Gasteiger partial charge in [-0.05, 0) is 79.8 Å². The van der Waals surface area contributed by atoms with Gasteiger partial charge >= 0.3 is 5.97 Å². The third kappa shape index (κ3) is 13.0. The van der Waals surface area contributed by atoms with Gasteiger partial charge in [-0.2, -0.15) is 5.26 Å². The molecule has 0 saturated heterocycles. The first-order valence-electron chi connectivity index (χ1n) is 16.1. The second-order valence-electron chi connectivity index (χ2n) is 11.4. The number of hydrogen-bond acceptors (Lipinski definition) is 10. The molecule has 254 valence electrons. The van der Waals surface area contributed by atoms with Crippen LogP contribution in [0.25, 0.3) is 0 Å². The Labute approximate surface area is 288 Å². The average molecular weight is 684 g/mol. The second kappa shape index (κ2) is 20.8. The molecule has 0 saturated carbocycles. The van der Waals surface area contributed by atoms with E-state index in [1.165, 1.54) is 11.8 Å². The highest BCUT2D eigenvalue weighted by Gasteiger charge is 2.26. The second-order valence-corrected chi connectivity index (χ2v) is 12.6. The van der Waals surface area contributed by atoms with Gasteiger partial charge in [0.2, 0.25) is 0 Å². The summed E-state index contributed by atoms with van der Waals surface area (Å²) in [5.74, 6) is 0.832. The predicted molar refractivity (Wildman–Crippen MR) is 184 cm³/mol. The number of halogens is 1. The number of esters is 1. The molecule has 0 aliphatic rings. The smallest absolute Gasteiger partial charge is 0.332 e. The number of hydrogen-bond donors (Lipinski definition) is 0. The molecule has 0 fully saturated rings. The maximum atomic E-state index is 11.5. The van der Waals surface area contributed by atoms with E-state index < -0.39 is 5.41 Å². The van der Waals surface area contributed by atoms with Crippen LogP contribution in [-0.2, 0) is 31.0 Å². The van der Waals surface area contributed by atoms with E-state index in [2.05, 4.69) is 29.9 Å². The zero-order chi connectivity index (χ0) is 33.9. The lowest BCUT2D eigenvalue weighted by atomic mass is 9.77. The number of rotatable bonds is 22. The van der Waals surface area contributed by atoms with Crippen LogP contribution in [0.1, 0.15) is 81.7 Å². The molecule has 0 bridgehead atoms. The fourth-order valence-electron chi connectivity index (χ4n) is 4.58. The molecule has 11 heteroatoms. The topological polar surface area (TPSA) is 113 Å². The number of unbranched alkanes of at least 4 members (excludes halogenated alkanes) is 3. The van der Waals surface area contributed by atoms with E-state index in [0.29, 0.717) is 61.1 Å². The minimum atomic E-state index is -0.418. The van der Waals surface area contributed by atoms with Gasteiger partial charge in [0.15, 0.2) is 10.9 Å². The number of carbonyl (C=O) groups excluding carboxylic acids is 1. The van der Waals surface area contributed by atoms with Crippen molar-refractivity contribution in [2.24, 2.45) is 0 Å². The third-order valence-electron chi connectivity index (χ3n) is 7.46. The summed E-state index contributed by atoms with van der Waals surface area (Å²) < 4.78 is 27.9. The van der Waals surface area contributed by atoms with Crippen molar-refractivity contribution >= 4 is 29.3 Å². The van der Waals surface area contributed by atoms with Crippen molar-refractivity contribution in [3.8, 4) is 17.6 Å². The Balaban J connectivity index is 1.39. The first-order valence-corrected chi connectivity index (χ1v) is 17.7. The molecule has 0 amide bonds. The maximum Gasteiger partial charge on any atom is 0.332 e. The Hall–Kier alpha value is -3.36. The molecule has 0 radical (unpaired) electrons. The summed E-state index contributed by atoms with van der Waals surface area (Å²) in [4.78, 5) is 20.1. The Morgan fingerprint density at radius 3 is 2.40 bits per heavy atom. The molecule has 0 unspecified atom stereocenters. The van der Waals surface area contributed by atoms with Gasteiger partial charge in [-0.1, -0.05) is 62.7 Å². The molecule has 3 rings (SSSR count). The van der Waals surface area contributed by atoms with Gasteiger partial charge in [-0.25, -0.2) is 14.8 Å². The molecule has 0 aliphatic carbocycles. The summed E-state index contributed by atoms with van der Waals surface area (Å²) in [5.41, 5.74) is 2.79. The monoisotopic (exact) mass is 683 g/mol. The first-order chi connectivity index (χ1) is 22.8. The molecule has 1 heterocycles. The standard InChI is InChI=1S/C36H46ClN3O6S/c1-5-6-20-44-33(41)26-43-19-10-18-42-17-8-7-9-21-45-34-27(24-38)22-29(23-32(34)37)36(2,3)28-11-13-31(14-12-28)46-25-30-15-16-39-35(40-30)47-4/h11-16,22-23H,5-10,17-21,25-26H2,1-4H3. The van der Waals surface area contributed by atoms with Crippen LogP contribution in [0, 0.1) is 11.3 Å². The van der Waals surface area contributed by atoms with Gasteiger partial charge in [0.25, 0.3) is 0 Å². The number of carbonyl (C=O) groups is 1. The van der Waals surface area contributed by atoms with E-state index in [1.54, 1.807) is 6.20 Å². The Kier molecular flexibility index (Phi) is 16.8. The molecule has 2 aromatic carbocycles. The lowest BCUT2D eigenvalue weighted by Gasteiger charge is -2.27. The quantitative estimate of drug-likeness (QED) is 0.0448. The molecule has 0 aliphatic heterocycles. The van der Waals surface area contributed by atoms with Gasteiger partial charge < -0.3 is 23.7 Å². The average Bonchev–Trinajstić information content (AvgIpc) is 3.08. The van der Waals surface area contributed by atoms with Crippen molar-refractivity contribution in [3.63, 3.8) is 0 Å². The Morgan fingerprint density at radius 2 is 1.66 bits per heavy atom. The molecular formula is C36H46ClN3O6S. The highest BCUT2D eigenvalue weighted by molar-refractivity contribution is 7.98. The highest BCUT2D eigenvalue weighted by Crippen LogP contribution is 2.38. The minimum Gasteiger partial charge on any atom is -0.491 e. The van der Waals surface area contributed by atoms with Crippen molar-refractivity contribution in [2.75, 3.05) is 45.9 Å². The van der Waals surface area contributed by atoms with E-state index in [9.17, 15) is 10.1 Å². The number of nitriles is 1. The lowest BCUT2D eigenvalue weighted by Crippen LogP contribution is -2.19. The lowest BCUT2D eigenvalue weighted by molar-refractivity contribution is -0.149. The van der Waals surface area contributed by atoms with Crippen LogP contribution in [0.15, 0.2) is 53.8 Å². The fourth-order valence-corrected chi connectivity index (χ4v) is 5.23. The highest BCUT2D eigenvalue weighted by atomic mass is 35.5. The van der Waals surface area contributed by atoms with Crippen LogP contribution >= 0.6 is 23.4 Å². The van der Waals surface area contributed by atoms with E-state index in [-0.39, 0.29) is 12.6 Å². The van der Waals surface area contributed by atoms with Crippen LogP contribution in [0.2, 0.25) is 5.02 Å². The molecule has 0 atom stereocenters. The van der Waals surface area contributed by atoms with Gasteiger partial charge in [0.1, 0.15) is 25.0 Å². The van der Waals surface area contributed by atoms with Crippen LogP contribution in [0.5, 0.6) is 11.5 Å². The van der Waals surface area contributed by atoms with Crippen molar-refractivity contribution in [1.82, 2.24) is 9.97 Å². The predicted octanol–water partition coefficient (Wildman–Crippen LogP) is 7.94. The van der Waals surface area contributed by atoms with Crippen molar-refractivity contribution in [2.45, 2.75) is 76.5 Å². The van der Waals surface area contributed by atoms with Crippen LogP contribution in [0.4, 0.5) is 0 Å². The van der Waals surface area contributed by atoms with Crippen molar-refractivity contribution < 1.29 is 28.5 Å². The van der Waals surface area contributed by atoms with E-state index in [4.69, 9.17) is 35.3 Å². The van der Waals surface area contributed by atoms with Gasteiger partial charge in [-0.15, -0.1) is 0 Å². The van der Waals surface area contributed by atoms with Crippen molar-refractivity contribution in [1.29, 1.82) is 5.26 Å². The zero-order valence-electron chi connectivity index (χ0n) is 27.9. The normalized spacial score (nSPS) is 11.2. The van der Waals surface area contributed by atoms with Crippen LogP contribution in [0.3, 0.4) is 0 Å². The van der Waals surface area contributed by atoms with Gasteiger partial charge in [0, 0.05) is 31.4 Å². The van der Waals surface area contributed by atoms with Gasteiger partial charge in [0.05, 0.1) is 29.5 Å². The van der Waals surface area contributed by atoms with E-state index in [1.807, 2.05) is 55.6 Å². The van der Waals surface area contributed by atoms with Gasteiger partial charge in [-0.3, -0.25) is 0 Å². The largest absolute Gasteiger partial charge is 0.491 e. The molecule has 3 aromatic rings. The number of thioether (sulfide) groups is 1. The number of ether oxygens (including phenoxy) is 5. The summed E-state index contributed by atoms with van der Waals surface area (Å²) >= 11 is 8.16. The molecule has 0 N–H and O–H groups in total. The Morgan fingerprint density at radius 1 is 0.915 bits per heavy atom. The SMILES string of the molecule is CCCCOC(=O)COCCCOCCCCCOc1c(Cl)cc(C(C)(C)c2ccc(OCc3ccnc(SC)n3)cc2)cc1C#N. The fraction of sp³-hybridized carbons (Fsp3) is 0.500. The van der Waals surface area contributed by atoms with Crippen molar-refractivity contribution in [3.05, 3.63) is 76.1 Å². The third-order valence-corrected chi connectivity index (χ3v) is 8.30. The van der Waals surface area contributed by atoms with E-state index in [0.717, 1.165) is 61.1 Å². The molecular weight excluding hydrogens is 638 g/mol. The minimum absolute atomic E-state index is 0.0162. The number of aromatic nitrogens is 2. The summed E-state index contributed by atoms with van der Waals surface area (Å²) in [5, 5.41) is 11.0. The Bertz CT molecular complexity index is 1430. The zero-order valence-corrected chi connectivity index (χ0v) is 29.5. The van der Waals surface area contributed by atoms with Crippen LogP contribution in [-0.4, -0.2) is 61.8 Å². The molecule has 1 aromatic heterocycles. The van der Waals surface area contributed by atoms with E-state index >= 15 is 0 Å². The summed E-state index contributed by atoms with van der Waals surface area (Å²) in [6.07, 6.45) is 8.87. The first kappa shape index (κ1) is 38.1. The summed E-state index contributed by atoms with van der Waals surface area (Å²) in [6.45, 7) is 9.16. The summed E-state index contributed by atoms with van der Waals surface area (Å²) in [6, 6.07) is 15.8. The molecule has 0 spiro atoms. The molecule has 9 nitrogen and oxygen atoms in total. The summed E-state index contributed by atoms with van der Waals surface area (Å²) in [7, 11) is 0. The molecule has 47 heavy (non-hydrogen) atoms.